The lowest BCUT2D eigenvalue weighted by molar-refractivity contribution is -0.144. The van der Waals surface area contributed by atoms with Gasteiger partial charge in [0.05, 0.1) is 19.8 Å². The molecule has 1 aliphatic heterocycles. The summed E-state index contributed by atoms with van der Waals surface area (Å²) in [6.45, 7) is 4.39. The Morgan fingerprint density at radius 3 is 2.55 bits per heavy atom. The van der Waals surface area contributed by atoms with E-state index in [9.17, 15) is 24.3 Å². The first-order valence-electron chi connectivity index (χ1n) is 9.97. The Bertz CT molecular complexity index is 914. The van der Waals surface area contributed by atoms with Crippen LogP contribution in [0.4, 0.5) is 4.79 Å². The first-order chi connectivity index (χ1) is 15.4. The fourth-order valence-corrected chi connectivity index (χ4v) is 3.89. The van der Waals surface area contributed by atoms with Gasteiger partial charge in [-0.05, 0) is 26.8 Å². The summed E-state index contributed by atoms with van der Waals surface area (Å²) in [4.78, 5) is 50.0. The van der Waals surface area contributed by atoms with Gasteiger partial charge < -0.3 is 34.7 Å². The van der Waals surface area contributed by atoms with Crippen LogP contribution in [0.2, 0.25) is 0 Å². The molecule has 0 saturated heterocycles. The number of amides is 2. The average molecular weight is 485 g/mol. The molecule has 0 bridgehead atoms. The number of ether oxygens (including phenoxy) is 4. The molecule has 1 aromatic carbocycles. The lowest BCUT2D eigenvalue weighted by Crippen LogP contribution is -2.55. The minimum absolute atomic E-state index is 0.0333. The highest BCUT2D eigenvalue weighted by Crippen LogP contribution is 2.32. The fourth-order valence-electron chi connectivity index (χ4n) is 2.81. The molecule has 0 aromatic heterocycles. The lowest BCUT2D eigenvalue weighted by atomic mass is 10.1. The number of aromatic hydroxyl groups is 1. The van der Waals surface area contributed by atoms with Crippen molar-refractivity contribution >= 4 is 35.7 Å². The molecule has 1 heterocycles. The van der Waals surface area contributed by atoms with Crippen LogP contribution in [0.1, 0.15) is 36.7 Å². The zero-order valence-corrected chi connectivity index (χ0v) is 19.9. The van der Waals surface area contributed by atoms with Crippen LogP contribution in [0, 0.1) is 0 Å². The van der Waals surface area contributed by atoms with Gasteiger partial charge in [-0.2, -0.15) is 11.8 Å². The molecular formula is C21H28N2O9S. The standard InChI is InChI=1S/C21H28N2O9S/c1-21(2,3)32-20(28)23-14-8-31-18(26)12-6-11(29-4)7-16(24)13(12)9-33-10-15(19(27)30-5)22-17(14)25/h6-7,14-15,24H,8-10H2,1-5H3,(H,22,25)(H,23,28)/t14-,15-/m0/s1. The van der Waals surface area contributed by atoms with Crippen molar-refractivity contribution in [3.8, 4) is 11.5 Å². The van der Waals surface area contributed by atoms with E-state index in [0.717, 1.165) is 0 Å². The summed E-state index contributed by atoms with van der Waals surface area (Å²) in [6.07, 6.45) is -0.908. The summed E-state index contributed by atoms with van der Waals surface area (Å²) in [7, 11) is 2.56. The van der Waals surface area contributed by atoms with Crippen molar-refractivity contribution in [2.24, 2.45) is 0 Å². The Balaban J connectivity index is 2.38. The van der Waals surface area contributed by atoms with E-state index in [0.29, 0.717) is 0 Å². The number of phenolic OH excluding ortho intramolecular Hbond substituents is 1. The summed E-state index contributed by atoms with van der Waals surface area (Å²) >= 11 is 1.18. The molecule has 0 saturated carbocycles. The first kappa shape index (κ1) is 26.1. The summed E-state index contributed by atoms with van der Waals surface area (Å²) in [5.74, 6) is -2.02. The molecule has 33 heavy (non-hydrogen) atoms. The van der Waals surface area contributed by atoms with Gasteiger partial charge in [0.1, 0.15) is 35.8 Å². The Morgan fingerprint density at radius 2 is 1.94 bits per heavy atom. The van der Waals surface area contributed by atoms with Gasteiger partial charge in [-0.1, -0.05) is 0 Å². The van der Waals surface area contributed by atoms with E-state index in [1.807, 2.05) is 0 Å². The van der Waals surface area contributed by atoms with Gasteiger partial charge in [0, 0.05) is 23.1 Å². The SMILES string of the molecule is COC(=O)[C@@H]1CSCc2c(O)cc(OC)cc2C(=O)OC[C@H](NC(=O)OC(C)(C)C)C(=O)N1. The van der Waals surface area contributed by atoms with Crippen LogP contribution in [0.25, 0.3) is 0 Å². The second kappa shape index (κ2) is 11.1. The van der Waals surface area contributed by atoms with Gasteiger partial charge in [-0.25, -0.2) is 14.4 Å². The van der Waals surface area contributed by atoms with Crippen molar-refractivity contribution in [1.82, 2.24) is 10.6 Å². The molecule has 0 spiro atoms. The van der Waals surface area contributed by atoms with Crippen molar-refractivity contribution in [2.45, 2.75) is 44.2 Å². The summed E-state index contributed by atoms with van der Waals surface area (Å²) in [6, 6.07) is 0.348. The normalized spacial score (nSPS) is 19.5. The summed E-state index contributed by atoms with van der Waals surface area (Å²) in [5.41, 5.74) is -0.523. The number of methoxy groups -OCH3 is 2. The number of nitrogens with one attached hydrogen (secondary N) is 2. The number of phenols is 1. The van der Waals surface area contributed by atoms with Gasteiger partial charge in [-0.15, -0.1) is 0 Å². The van der Waals surface area contributed by atoms with Crippen LogP contribution < -0.4 is 15.4 Å². The maximum atomic E-state index is 12.8. The molecule has 12 heteroatoms. The number of carbonyl (C=O) groups is 4. The molecule has 0 unspecified atom stereocenters. The quantitative estimate of drug-likeness (QED) is 0.424. The highest BCUT2D eigenvalue weighted by atomic mass is 32.2. The molecule has 0 radical (unpaired) electrons. The van der Waals surface area contributed by atoms with Crippen LogP contribution in [-0.2, 0) is 29.6 Å². The Kier molecular flexibility index (Phi) is 8.80. The number of thioether (sulfide) groups is 1. The molecular weight excluding hydrogens is 456 g/mol. The predicted molar refractivity (Wildman–Crippen MR) is 118 cm³/mol. The van der Waals surface area contributed by atoms with Crippen molar-refractivity contribution in [1.29, 1.82) is 0 Å². The van der Waals surface area contributed by atoms with E-state index in [-0.39, 0.29) is 34.1 Å². The second-order valence-corrected chi connectivity index (χ2v) is 9.10. The number of hydrogen-bond acceptors (Lipinski definition) is 10. The molecule has 0 fully saturated rings. The van der Waals surface area contributed by atoms with Crippen LogP contribution >= 0.6 is 11.8 Å². The van der Waals surface area contributed by atoms with Crippen LogP contribution in [0.3, 0.4) is 0 Å². The van der Waals surface area contributed by atoms with Gasteiger partial charge in [-0.3, -0.25) is 4.79 Å². The minimum Gasteiger partial charge on any atom is -0.507 e. The number of rotatable bonds is 3. The zero-order valence-electron chi connectivity index (χ0n) is 19.1. The molecule has 11 nitrogen and oxygen atoms in total. The topological polar surface area (TPSA) is 149 Å². The van der Waals surface area contributed by atoms with Crippen LogP contribution in [-0.4, -0.2) is 73.3 Å². The fraction of sp³-hybridized carbons (Fsp3) is 0.524. The average Bonchev–Trinajstić information content (AvgIpc) is 2.73. The maximum absolute atomic E-state index is 12.8. The minimum atomic E-state index is -1.36. The Morgan fingerprint density at radius 1 is 1.24 bits per heavy atom. The van der Waals surface area contributed by atoms with Crippen LogP contribution in [0.5, 0.6) is 11.5 Å². The number of benzene rings is 1. The highest BCUT2D eigenvalue weighted by Gasteiger charge is 2.31. The monoisotopic (exact) mass is 484 g/mol. The van der Waals surface area contributed by atoms with E-state index >= 15 is 0 Å². The molecule has 2 amide bonds. The zero-order chi connectivity index (χ0) is 24.8. The number of fused-ring (bicyclic) bond motifs is 1. The highest BCUT2D eigenvalue weighted by molar-refractivity contribution is 7.98. The molecule has 2 atom stereocenters. The van der Waals surface area contributed by atoms with E-state index in [4.69, 9.17) is 18.9 Å². The van der Waals surface area contributed by atoms with Gasteiger partial charge in [0.25, 0.3) is 0 Å². The third-order valence-electron chi connectivity index (χ3n) is 4.38. The molecule has 2 rings (SSSR count). The van der Waals surface area contributed by atoms with Gasteiger partial charge in [0.15, 0.2) is 0 Å². The van der Waals surface area contributed by atoms with Crippen LogP contribution in [0.15, 0.2) is 12.1 Å². The van der Waals surface area contributed by atoms with Crippen molar-refractivity contribution in [3.05, 3.63) is 23.3 Å². The summed E-state index contributed by atoms with van der Waals surface area (Å²) in [5, 5.41) is 15.2. The van der Waals surface area contributed by atoms with Crippen molar-refractivity contribution < 1.29 is 43.2 Å². The number of hydrogen-bond donors (Lipinski definition) is 3. The predicted octanol–water partition coefficient (Wildman–Crippen LogP) is 1.36. The number of alkyl carbamates (subject to hydrolysis) is 1. The summed E-state index contributed by atoms with van der Waals surface area (Å²) < 4.78 is 20.3. The third kappa shape index (κ3) is 7.45. The number of carbonyl (C=O) groups excluding carboxylic acids is 4. The van der Waals surface area contributed by atoms with E-state index in [1.54, 1.807) is 20.8 Å². The largest absolute Gasteiger partial charge is 0.507 e. The Hall–Kier alpha value is -3.15. The smallest absolute Gasteiger partial charge is 0.408 e. The number of esters is 2. The van der Waals surface area contributed by atoms with Gasteiger partial charge >= 0.3 is 18.0 Å². The third-order valence-corrected chi connectivity index (χ3v) is 5.44. The van der Waals surface area contributed by atoms with E-state index < -0.39 is 48.2 Å². The molecule has 1 aromatic rings. The first-order valence-corrected chi connectivity index (χ1v) is 11.1. The Labute approximate surface area is 195 Å². The van der Waals surface area contributed by atoms with Gasteiger partial charge in [0.2, 0.25) is 5.91 Å². The van der Waals surface area contributed by atoms with Crippen molar-refractivity contribution in [3.63, 3.8) is 0 Å². The molecule has 1 aliphatic rings. The lowest BCUT2D eigenvalue weighted by Gasteiger charge is -2.25. The number of cyclic esters (lactones) is 1. The second-order valence-electron chi connectivity index (χ2n) is 8.07. The molecule has 0 aliphatic carbocycles. The maximum Gasteiger partial charge on any atom is 0.408 e. The van der Waals surface area contributed by atoms with E-state index in [2.05, 4.69) is 10.6 Å². The van der Waals surface area contributed by atoms with E-state index in [1.165, 1.54) is 38.1 Å². The molecule has 182 valence electrons. The van der Waals surface area contributed by atoms with Crippen molar-refractivity contribution in [2.75, 3.05) is 26.6 Å². The molecule has 3 N–H and O–H groups in total.